The van der Waals surface area contributed by atoms with Gasteiger partial charge in [0, 0.05) is 23.7 Å². The molecule has 0 spiro atoms. The lowest BCUT2D eigenvalue weighted by Gasteiger charge is -2.07. The van der Waals surface area contributed by atoms with Crippen LogP contribution in [0.25, 0.3) is 11.3 Å². The Morgan fingerprint density at radius 1 is 1.19 bits per heavy atom. The van der Waals surface area contributed by atoms with E-state index in [1.165, 1.54) is 23.5 Å². The zero-order valence-electron chi connectivity index (χ0n) is 14.1. The molecule has 8 heteroatoms. The highest BCUT2D eigenvalue weighted by atomic mass is 32.1. The number of aromatic nitrogens is 2. The Kier molecular flexibility index (Phi) is 4.63. The first-order valence-electron chi connectivity index (χ1n) is 8.11. The summed E-state index contributed by atoms with van der Waals surface area (Å²) in [6.45, 7) is 0.502. The molecule has 0 aliphatic carbocycles. The second kappa shape index (κ2) is 7.38. The van der Waals surface area contributed by atoms with Crippen molar-refractivity contribution < 1.29 is 9.34 Å². The number of furan rings is 1. The van der Waals surface area contributed by atoms with Gasteiger partial charge >= 0.3 is 0 Å². The lowest BCUT2D eigenvalue weighted by molar-refractivity contribution is -0.384. The normalized spacial score (nSPS) is 11.6. The van der Waals surface area contributed by atoms with E-state index in [1.54, 1.807) is 30.8 Å². The molecule has 7 nitrogen and oxygen atoms in total. The third-order valence-corrected chi connectivity index (χ3v) is 4.80. The van der Waals surface area contributed by atoms with Gasteiger partial charge in [0.1, 0.15) is 5.76 Å². The van der Waals surface area contributed by atoms with Crippen molar-refractivity contribution in [2.24, 2.45) is 4.99 Å². The highest BCUT2D eigenvalue weighted by Crippen LogP contribution is 2.24. The van der Waals surface area contributed by atoms with Gasteiger partial charge in [-0.25, -0.2) is 4.99 Å². The van der Waals surface area contributed by atoms with Crippen LogP contribution in [0.3, 0.4) is 0 Å². The first-order chi connectivity index (χ1) is 13.2. The number of thiazole rings is 1. The largest absolute Gasteiger partial charge is 0.467 e. The number of nitro benzene ring substituents is 1. The van der Waals surface area contributed by atoms with Crippen molar-refractivity contribution in [3.8, 4) is 11.3 Å². The summed E-state index contributed by atoms with van der Waals surface area (Å²) in [5.74, 6) is 0.796. The number of nitro groups is 1. The van der Waals surface area contributed by atoms with Crippen LogP contribution < -0.4 is 4.80 Å². The molecule has 0 atom stereocenters. The fraction of sp³-hybridized carbons (Fsp3) is 0.0526. The van der Waals surface area contributed by atoms with Gasteiger partial charge in [-0.3, -0.25) is 15.1 Å². The van der Waals surface area contributed by atoms with Gasteiger partial charge < -0.3 is 8.98 Å². The number of pyridine rings is 1. The zero-order chi connectivity index (χ0) is 18.6. The second-order valence-electron chi connectivity index (χ2n) is 5.70. The maximum Gasteiger partial charge on any atom is 0.269 e. The molecule has 3 heterocycles. The monoisotopic (exact) mass is 378 g/mol. The van der Waals surface area contributed by atoms with Gasteiger partial charge in [0.25, 0.3) is 5.69 Å². The molecule has 4 aromatic rings. The molecule has 0 saturated carbocycles. The number of nitrogens with zero attached hydrogens (tertiary/aromatic N) is 4. The first-order valence-corrected chi connectivity index (χ1v) is 8.99. The molecular weight excluding hydrogens is 364 g/mol. The van der Waals surface area contributed by atoms with E-state index in [0.717, 1.165) is 27.5 Å². The van der Waals surface area contributed by atoms with E-state index in [-0.39, 0.29) is 5.69 Å². The highest BCUT2D eigenvalue weighted by Gasteiger charge is 2.12. The first kappa shape index (κ1) is 16.9. The van der Waals surface area contributed by atoms with E-state index in [4.69, 9.17) is 4.42 Å². The molecule has 0 fully saturated rings. The van der Waals surface area contributed by atoms with E-state index in [9.17, 15) is 10.1 Å². The number of non-ortho nitro benzene ring substituents is 1. The summed E-state index contributed by atoms with van der Waals surface area (Å²) in [5.41, 5.74) is 2.60. The third kappa shape index (κ3) is 3.70. The van der Waals surface area contributed by atoms with Crippen LogP contribution in [0.1, 0.15) is 5.76 Å². The van der Waals surface area contributed by atoms with E-state index in [2.05, 4.69) is 9.98 Å². The number of benzene rings is 1. The lowest BCUT2D eigenvalue weighted by atomic mass is 10.1. The van der Waals surface area contributed by atoms with Crippen molar-refractivity contribution >= 4 is 22.7 Å². The SMILES string of the molecule is O=[N+]([O-])c1ccc(-c2csc(=Nc3cccnc3)n2Cc2ccco2)cc1. The van der Waals surface area contributed by atoms with E-state index < -0.39 is 4.92 Å². The van der Waals surface area contributed by atoms with Crippen LogP contribution in [0.5, 0.6) is 0 Å². The van der Waals surface area contributed by atoms with Gasteiger partial charge in [0.2, 0.25) is 0 Å². The van der Waals surface area contributed by atoms with Crippen molar-refractivity contribution in [3.63, 3.8) is 0 Å². The molecule has 3 aromatic heterocycles. The smallest absolute Gasteiger partial charge is 0.269 e. The summed E-state index contributed by atoms with van der Waals surface area (Å²) >= 11 is 1.49. The van der Waals surface area contributed by atoms with Crippen LogP contribution in [-0.2, 0) is 6.54 Å². The van der Waals surface area contributed by atoms with Crippen LogP contribution >= 0.6 is 11.3 Å². The van der Waals surface area contributed by atoms with Gasteiger partial charge in [-0.05, 0) is 42.0 Å². The molecule has 0 saturated heterocycles. The summed E-state index contributed by atoms with van der Waals surface area (Å²) in [5, 5.41) is 12.9. The van der Waals surface area contributed by atoms with Gasteiger partial charge in [-0.1, -0.05) is 0 Å². The zero-order valence-corrected chi connectivity index (χ0v) is 14.9. The predicted octanol–water partition coefficient (Wildman–Crippen LogP) is 4.39. The van der Waals surface area contributed by atoms with Gasteiger partial charge in [-0.2, -0.15) is 0 Å². The maximum atomic E-state index is 10.9. The number of hydrogen-bond donors (Lipinski definition) is 0. The molecule has 134 valence electrons. The molecule has 0 aliphatic rings. The highest BCUT2D eigenvalue weighted by molar-refractivity contribution is 7.07. The minimum atomic E-state index is -0.405. The average Bonchev–Trinajstić information content (AvgIpc) is 3.34. The van der Waals surface area contributed by atoms with Crippen LogP contribution in [0.15, 0.2) is 82.0 Å². The Morgan fingerprint density at radius 2 is 2.04 bits per heavy atom. The van der Waals surface area contributed by atoms with E-state index in [1.807, 2.05) is 34.2 Å². The average molecular weight is 378 g/mol. The molecule has 0 bridgehead atoms. The Morgan fingerprint density at radius 3 is 2.70 bits per heavy atom. The van der Waals surface area contributed by atoms with E-state index in [0.29, 0.717) is 6.54 Å². The minimum absolute atomic E-state index is 0.0619. The summed E-state index contributed by atoms with van der Waals surface area (Å²) in [6.07, 6.45) is 5.03. The molecule has 0 N–H and O–H groups in total. The van der Waals surface area contributed by atoms with Gasteiger partial charge in [-0.15, -0.1) is 11.3 Å². The van der Waals surface area contributed by atoms with Crippen LogP contribution in [0.2, 0.25) is 0 Å². The Balaban J connectivity index is 1.81. The maximum absolute atomic E-state index is 10.9. The Labute approximate surface area is 158 Å². The predicted molar refractivity (Wildman–Crippen MR) is 102 cm³/mol. The van der Waals surface area contributed by atoms with Gasteiger partial charge in [0.15, 0.2) is 4.80 Å². The number of hydrogen-bond acceptors (Lipinski definition) is 6. The fourth-order valence-electron chi connectivity index (χ4n) is 2.64. The fourth-order valence-corrected chi connectivity index (χ4v) is 3.57. The minimum Gasteiger partial charge on any atom is -0.467 e. The van der Waals surface area contributed by atoms with Crippen molar-refractivity contribution in [2.45, 2.75) is 6.54 Å². The summed E-state index contributed by atoms with van der Waals surface area (Å²) < 4.78 is 7.52. The lowest BCUT2D eigenvalue weighted by Crippen LogP contribution is -2.16. The van der Waals surface area contributed by atoms with Crippen LogP contribution in [0.4, 0.5) is 11.4 Å². The molecule has 0 unspecified atom stereocenters. The number of rotatable bonds is 5. The molecule has 0 radical (unpaired) electrons. The Hall–Kier alpha value is -3.52. The summed E-state index contributed by atoms with van der Waals surface area (Å²) in [4.78, 5) is 20.1. The molecular formula is C19H14N4O3S. The standard InChI is InChI=1S/C19H14N4O3S/c24-23(25)16-7-5-14(6-8-16)18-13-27-19(21-15-3-1-9-20-11-15)22(18)12-17-4-2-10-26-17/h1-11,13H,12H2. The molecule has 0 amide bonds. The van der Waals surface area contributed by atoms with Crippen molar-refractivity contribution in [2.75, 3.05) is 0 Å². The quantitative estimate of drug-likeness (QED) is 0.381. The van der Waals surface area contributed by atoms with Crippen LogP contribution in [0, 0.1) is 10.1 Å². The molecule has 4 rings (SSSR count). The Bertz CT molecular complexity index is 1110. The summed E-state index contributed by atoms with van der Waals surface area (Å²) in [7, 11) is 0. The third-order valence-electron chi connectivity index (χ3n) is 3.94. The van der Waals surface area contributed by atoms with Gasteiger partial charge in [0.05, 0.1) is 35.3 Å². The topological polar surface area (TPSA) is 86.5 Å². The van der Waals surface area contributed by atoms with Crippen molar-refractivity contribution in [3.05, 3.63) is 93.2 Å². The van der Waals surface area contributed by atoms with Crippen molar-refractivity contribution in [1.29, 1.82) is 0 Å². The summed E-state index contributed by atoms with van der Waals surface area (Å²) in [6, 6.07) is 13.9. The van der Waals surface area contributed by atoms with Crippen molar-refractivity contribution in [1.82, 2.24) is 9.55 Å². The van der Waals surface area contributed by atoms with E-state index >= 15 is 0 Å². The van der Waals surface area contributed by atoms with Crippen LogP contribution in [-0.4, -0.2) is 14.5 Å². The second-order valence-corrected chi connectivity index (χ2v) is 6.53. The molecule has 0 aliphatic heterocycles. The molecule has 27 heavy (non-hydrogen) atoms. The molecule has 1 aromatic carbocycles.